The van der Waals surface area contributed by atoms with Crippen LogP contribution in [0.25, 0.3) is 11.0 Å². The molecule has 0 radical (unpaired) electrons. The van der Waals surface area contributed by atoms with Crippen LogP contribution >= 0.6 is 0 Å². The summed E-state index contributed by atoms with van der Waals surface area (Å²) >= 11 is 0. The van der Waals surface area contributed by atoms with Crippen LogP contribution in [0.15, 0.2) is 65.5 Å². The van der Waals surface area contributed by atoms with Crippen molar-refractivity contribution in [2.75, 3.05) is 18.0 Å². The molecule has 5 rings (SSSR count). The summed E-state index contributed by atoms with van der Waals surface area (Å²) in [5, 5.41) is 19.4. The molecule has 0 aliphatic carbocycles. The maximum Gasteiger partial charge on any atom is 0.416 e. The summed E-state index contributed by atoms with van der Waals surface area (Å²) in [7, 11) is 0. The van der Waals surface area contributed by atoms with Crippen LogP contribution in [0.4, 0.5) is 23.2 Å². The van der Waals surface area contributed by atoms with Crippen molar-refractivity contribution < 1.29 is 22.7 Å². The van der Waals surface area contributed by atoms with Crippen LogP contribution in [-0.2, 0) is 19.3 Å². The van der Waals surface area contributed by atoms with Crippen molar-refractivity contribution in [1.29, 1.82) is 5.26 Å². The van der Waals surface area contributed by atoms with E-state index in [0.29, 0.717) is 29.6 Å². The number of hydrogen-bond donors (Lipinski definition) is 1. The number of imidazole rings is 1. The molecule has 1 aliphatic rings. The van der Waals surface area contributed by atoms with Crippen LogP contribution in [0.5, 0.6) is 0 Å². The lowest BCUT2D eigenvalue weighted by molar-refractivity contribution is -0.138. The van der Waals surface area contributed by atoms with Crippen LogP contribution < -0.4 is 10.6 Å². The number of anilines is 1. The molecule has 1 fully saturated rings. The quantitative estimate of drug-likeness (QED) is 0.391. The monoisotopic (exact) mass is 510 g/mol. The maximum atomic E-state index is 14.6. The Morgan fingerprint density at radius 1 is 1.03 bits per heavy atom. The minimum absolute atomic E-state index is 0.0676. The van der Waals surface area contributed by atoms with Crippen LogP contribution in [-0.4, -0.2) is 27.3 Å². The predicted molar refractivity (Wildman–Crippen MR) is 130 cm³/mol. The zero-order valence-corrected chi connectivity index (χ0v) is 19.5. The SMILES string of the molecule is N#Cc1cccc(F)c1N1CC[C@@H](n2c(=O)n(Cc3ccccc3C(F)(F)F)c3c(CO)cccc32)C1. The van der Waals surface area contributed by atoms with Gasteiger partial charge in [0, 0.05) is 18.7 Å². The number of hydrogen-bond acceptors (Lipinski definition) is 4. The van der Waals surface area contributed by atoms with Gasteiger partial charge in [0.05, 0.1) is 47.0 Å². The van der Waals surface area contributed by atoms with E-state index in [1.54, 1.807) is 23.1 Å². The molecule has 37 heavy (non-hydrogen) atoms. The molecule has 1 saturated heterocycles. The minimum atomic E-state index is -4.59. The fraction of sp³-hybridized carbons (Fsp3) is 0.259. The molecule has 1 atom stereocenters. The van der Waals surface area contributed by atoms with Crippen molar-refractivity contribution in [3.63, 3.8) is 0 Å². The van der Waals surface area contributed by atoms with E-state index in [4.69, 9.17) is 0 Å². The first-order valence-corrected chi connectivity index (χ1v) is 11.7. The van der Waals surface area contributed by atoms with E-state index in [-0.39, 0.29) is 29.9 Å². The van der Waals surface area contributed by atoms with Crippen molar-refractivity contribution in [3.8, 4) is 6.07 Å². The van der Waals surface area contributed by atoms with Gasteiger partial charge in [-0.1, -0.05) is 36.4 Å². The highest BCUT2D eigenvalue weighted by molar-refractivity contribution is 5.80. The minimum Gasteiger partial charge on any atom is -0.392 e. The van der Waals surface area contributed by atoms with E-state index in [1.165, 1.54) is 45.5 Å². The average Bonchev–Trinajstić information content (AvgIpc) is 3.45. The van der Waals surface area contributed by atoms with E-state index < -0.39 is 35.9 Å². The number of aliphatic hydroxyl groups excluding tert-OH is 1. The third kappa shape index (κ3) is 4.25. The highest BCUT2D eigenvalue weighted by atomic mass is 19.4. The van der Waals surface area contributed by atoms with Gasteiger partial charge in [0.1, 0.15) is 11.9 Å². The predicted octanol–water partition coefficient (Wildman–Crippen LogP) is 4.82. The number of benzene rings is 3. The number of alkyl halides is 3. The smallest absolute Gasteiger partial charge is 0.392 e. The summed E-state index contributed by atoms with van der Waals surface area (Å²) in [6.45, 7) is -0.121. The summed E-state index contributed by atoms with van der Waals surface area (Å²) in [5.74, 6) is -0.541. The summed E-state index contributed by atoms with van der Waals surface area (Å²) in [5.41, 5.74) is 0.168. The van der Waals surface area contributed by atoms with Gasteiger partial charge in [-0.2, -0.15) is 18.4 Å². The third-order valence-corrected chi connectivity index (χ3v) is 6.84. The molecule has 0 spiro atoms. The Morgan fingerprint density at radius 2 is 1.76 bits per heavy atom. The zero-order valence-electron chi connectivity index (χ0n) is 19.5. The average molecular weight is 510 g/mol. The zero-order chi connectivity index (χ0) is 26.3. The molecule has 2 heterocycles. The lowest BCUT2D eigenvalue weighted by Gasteiger charge is -2.21. The topological polar surface area (TPSA) is 74.2 Å². The maximum absolute atomic E-state index is 14.6. The fourth-order valence-electron chi connectivity index (χ4n) is 5.23. The number of rotatable bonds is 5. The summed E-state index contributed by atoms with van der Waals surface area (Å²) in [6, 6.07) is 15.9. The van der Waals surface area contributed by atoms with Crippen molar-refractivity contribution >= 4 is 16.7 Å². The number of nitriles is 1. The summed E-state index contributed by atoms with van der Waals surface area (Å²) in [4.78, 5) is 15.5. The second-order valence-electron chi connectivity index (χ2n) is 8.97. The van der Waals surface area contributed by atoms with Crippen LogP contribution in [0.3, 0.4) is 0 Å². The first-order chi connectivity index (χ1) is 17.7. The molecule has 0 unspecified atom stereocenters. The van der Waals surface area contributed by atoms with Gasteiger partial charge in [-0.25, -0.2) is 9.18 Å². The Kier molecular flexibility index (Phi) is 6.25. The largest absolute Gasteiger partial charge is 0.416 e. The Balaban J connectivity index is 1.61. The van der Waals surface area contributed by atoms with Gasteiger partial charge in [-0.15, -0.1) is 0 Å². The Morgan fingerprint density at radius 3 is 2.49 bits per heavy atom. The molecule has 1 aromatic heterocycles. The first kappa shape index (κ1) is 24.6. The normalized spacial score (nSPS) is 15.9. The number of nitrogens with zero attached hydrogens (tertiary/aromatic N) is 4. The lowest BCUT2D eigenvalue weighted by Crippen LogP contribution is -2.30. The van der Waals surface area contributed by atoms with Gasteiger partial charge in [0.2, 0.25) is 0 Å². The third-order valence-electron chi connectivity index (χ3n) is 6.84. The second kappa shape index (κ2) is 9.41. The molecule has 4 aromatic rings. The van der Waals surface area contributed by atoms with E-state index >= 15 is 0 Å². The number of aliphatic hydroxyl groups is 1. The van der Waals surface area contributed by atoms with E-state index in [1.807, 2.05) is 6.07 Å². The molecular formula is C27H22F4N4O2. The van der Waals surface area contributed by atoms with Crippen molar-refractivity contribution in [2.24, 2.45) is 0 Å². The Hall–Kier alpha value is -4.10. The molecule has 190 valence electrons. The highest BCUT2D eigenvalue weighted by Crippen LogP contribution is 2.35. The van der Waals surface area contributed by atoms with Crippen LogP contribution in [0.1, 0.15) is 34.7 Å². The number of para-hydroxylation sites is 2. The van der Waals surface area contributed by atoms with Gasteiger partial charge in [-0.05, 0) is 36.2 Å². The van der Waals surface area contributed by atoms with Gasteiger partial charge in [0.15, 0.2) is 0 Å². The van der Waals surface area contributed by atoms with Gasteiger partial charge in [-0.3, -0.25) is 9.13 Å². The number of fused-ring (bicyclic) bond motifs is 1. The summed E-state index contributed by atoms with van der Waals surface area (Å²) in [6.07, 6.45) is -4.14. The number of halogens is 4. The highest BCUT2D eigenvalue weighted by Gasteiger charge is 2.34. The van der Waals surface area contributed by atoms with Crippen molar-refractivity contribution in [1.82, 2.24) is 9.13 Å². The Labute approximate surface area is 209 Å². The van der Waals surface area contributed by atoms with E-state index in [9.17, 15) is 32.7 Å². The standard InChI is InChI=1S/C27H22F4N4O2/c28-22-9-3-6-17(13-32)24(22)33-12-11-20(15-33)35-23-10-4-7-19(16-36)25(23)34(26(35)37)14-18-5-1-2-8-21(18)27(29,30)31/h1-10,20,36H,11-12,14-16H2/t20-/m1/s1. The molecule has 1 aliphatic heterocycles. The van der Waals surface area contributed by atoms with Gasteiger partial charge in [0.25, 0.3) is 0 Å². The molecule has 10 heteroatoms. The molecule has 3 aromatic carbocycles. The first-order valence-electron chi connectivity index (χ1n) is 11.7. The van der Waals surface area contributed by atoms with Crippen molar-refractivity contribution in [2.45, 2.75) is 31.8 Å². The molecule has 6 nitrogen and oxygen atoms in total. The molecule has 0 amide bonds. The van der Waals surface area contributed by atoms with Crippen LogP contribution in [0.2, 0.25) is 0 Å². The molecule has 0 saturated carbocycles. The van der Waals surface area contributed by atoms with E-state index in [2.05, 4.69) is 0 Å². The second-order valence-corrected chi connectivity index (χ2v) is 8.97. The fourth-order valence-corrected chi connectivity index (χ4v) is 5.23. The molecular weight excluding hydrogens is 488 g/mol. The van der Waals surface area contributed by atoms with Crippen LogP contribution in [0, 0.1) is 17.1 Å². The Bertz CT molecular complexity index is 1580. The van der Waals surface area contributed by atoms with E-state index in [0.717, 1.165) is 6.07 Å². The summed E-state index contributed by atoms with van der Waals surface area (Å²) < 4.78 is 58.4. The molecule has 0 bridgehead atoms. The van der Waals surface area contributed by atoms with Crippen molar-refractivity contribution in [3.05, 3.63) is 99.2 Å². The molecule has 1 N–H and O–H groups in total. The lowest BCUT2D eigenvalue weighted by atomic mass is 10.1. The van der Waals surface area contributed by atoms with Gasteiger partial charge >= 0.3 is 11.9 Å². The van der Waals surface area contributed by atoms with Gasteiger partial charge < -0.3 is 10.0 Å². The number of aromatic nitrogens is 2.